The van der Waals surface area contributed by atoms with Gasteiger partial charge < -0.3 is 20.2 Å². The first kappa shape index (κ1) is 17.3. The zero-order chi connectivity index (χ0) is 16.5. The summed E-state index contributed by atoms with van der Waals surface area (Å²) in [6, 6.07) is 3.35. The smallest absolute Gasteiger partial charge is 0.309 e. The van der Waals surface area contributed by atoms with Crippen LogP contribution in [-0.4, -0.2) is 30.0 Å². The highest BCUT2D eigenvalue weighted by atomic mass is 16.4. The minimum absolute atomic E-state index is 0.208. The van der Waals surface area contributed by atoms with E-state index in [1.165, 1.54) is 24.7 Å². The fourth-order valence-corrected chi connectivity index (χ4v) is 2.57. The number of aliphatic hydroxyl groups excluding tert-OH is 1. The van der Waals surface area contributed by atoms with Crippen LogP contribution in [0.15, 0.2) is 34.5 Å². The Morgan fingerprint density at radius 3 is 2.65 bits per heavy atom. The van der Waals surface area contributed by atoms with E-state index in [0.717, 1.165) is 19.3 Å². The Balaban J connectivity index is 1.59. The predicted octanol–water partition coefficient (Wildman–Crippen LogP) is 1.83. The predicted molar refractivity (Wildman–Crippen MR) is 85.5 cm³/mol. The van der Waals surface area contributed by atoms with Gasteiger partial charge in [-0.15, -0.1) is 0 Å². The lowest BCUT2D eigenvalue weighted by Crippen LogP contribution is -2.40. The molecule has 0 spiro atoms. The zero-order valence-electron chi connectivity index (χ0n) is 13.2. The summed E-state index contributed by atoms with van der Waals surface area (Å²) >= 11 is 0. The quantitative estimate of drug-likeness (QED) is 0.528. The molecule has 1 aromatic heterocycles. The van der Waals surface area contributed by atoms with Crippen LogP contribution < -0.4 is 10.6 Å². The third kappa shape index (κ3) is 5.90. The number of amides is 2. The van der Waals surface area contributed by atoms with Crippen LogP contribution in [0.5, 0.6) is 0 Å². The van der Waals surface area contributed by atoms with Crippen molar-refractivity contribution in [2.24, 2.45) is 0 Å². The van der Waals surface area contributed by atoms with Gasteiger partial charge in [-0.2, -0.15) is 0 Å². The fraction of sp³-hybridized carbons (Fsp3) is 0.529. The van der Waals surface area contributed by atoms with Crippen LogP contribution in [0.2, 0.25) is 0 Å². The zero-order valence-corrected chi connectivity index (χ0v) is 13.2. The molecule has 0 fully saturated rings. The number of allylic oxidation sites excluding steroid dienone is 1. The SMILES string of the molecule is O=C(NCCC1=CCCCC1)C(=O)NCCC(O)c1ccco1. The maximum atomic E-state index is 11.7. The summed E-state index contributed by atoms with van der Waals surface area (Å²) in [4.78, 5) is 23.3. The molecular weight excluding hydrogens is 296 g/mol. The Labute approximate surface area is 135 Å². The van der Waals surface area contributed by atoms with Crippen LogP contribution in [0.1, 0.15) is 50.4 Å². The Hall–Kier alpha value is -2.08. The van der Waals surface area contributed by atoms with Gasteiger partial charge >= 0.3 is 11.8 Å². The highest BCUT2D eigenvalue weighted by molar-refractivity contribution is 6.35. The molecule has 1 atom stereocenters. The van der Waals surface area contributed by atoms with Crippen molar-refractivity contribution in [3.05, 3.63) is 35.8 Å². The highest BCUT2D eigenvalue weighted by Crippen LogP contribution is 2.19. The summed E-state index contributed by atoms with van der Waals surface area (Å²) in [5.74, 6) is -0.854. The molecule has 2 amide bonds. The van der Waals surface area contributed by atoms with Gasteiger partial charge in [0.05, 0.1) is 6.26 Å². The first-order chi connectivity index (χ1) is 11.2. The lowest BCUT2D eigenvalue weighted by atomic mass is 9.97. The summed E-state index contributed by atoms with van der Waals surface area (Å²) in [5.41, 5.74) is 1.36. The number of carbonyl (C=O) groups is 2. The van der Waals surface area contributed by atoms with E-state index in [-0.39, 0.29) is 6.54 Å². The molecule has 1 aliphatic rings. The lowest BCUT2D eigenvalue weighted by Gasteiger charge is -2.13. The van der Waals surface area contributed by atoms with E-state index in [2.05, 4.69) is 16.7 Å². The van der Waals surface area contributed by atoms with Crippen LogP contribution in [0.3, 0.4) is 0 Å². The van der Waals surface area contributed by atoms with Gasteiger partial charge in [0.25, 0.3) is 0 Å². The molecule has 126 valence electrons. The number of nitrogens with one attached hydrogen (secondary N) is 2. The standard InChI is InChI=1S/C17H24N2O4/c20-14(15-7-4-12-23-15)9-11-19-17(22)16(21)18-10-8-13-5-2-1-3-6-13/h4-5,7,12,14,20H,1-3,6,8-11H2,(H,18,21)(H,19,22). The van der Waals surface area contributed by atoms with Crippen molar-refractivity contribution in [1.82, 2.24) is 10.6 Å². The van der Waals surface area contributed by atoms with Crippen molar-refractivity contribution in [1.29, 1.82) is 0 Å². The van der Waals surface area contributed by atoms with Crippen LogP contribution in [0, 0.1) is 0 Å². The number of aliphatic hydroxyl groups is 1. The molecule has 6 heteroatoms. The molecule has 6 nitrogen and oxygen atoms in total. The molecule has 0 saturated heterocycles. The molecule has 0 bridgehead atoms. The minimum atomic E-state index is -0.786. The Morgan fingerprint density at radius 2 is 2.00 bits per heavy atom. The Kier molecular flexibility index (Phi) is 6.87. The fourth-order valence-electron chi connectivity index (χ4n) is 2.57. The molecule has 0 aromatic carbocycles. The van der Waals surface area contributed by atoms with Gasteiger partial charge in [-0.1, -0.05) is 11.6 Å². The van der Waals surface area contributed by atoms with Gasteiger partial charge in [-0.05, 0) is 50.7 Å². The van der Waals surface area contributed by atoms with E-state index >= 15 is 0 Å². The largest absolute Gasteiger partial charge is 0.467 e. The second-order valence-corrected chi connectivity index (χ2v) is 5.69. The molecule has 0 saturated carbocycles. The Bertz CT molecular complexity index is 537. The first-order valence-electron chi connectivity index (χ1n) is 8.12. The monoisotopic (exact) mass is 320 g/mol. The number of rotatable bonds is 7. The molecule has 3 N–H and O–H groups in total. The maximum absolute atomic E-state index is 11.7. The second-order valence-electron chi connectivity index (χ2n) is 5.69. The molecule has 0 aliphatic heterocycles. The third-order valence-corrected chi connectivity index (χ3v) is 3.90. The molecule has 1 aliphatic carbocycles. The molecule has 2 rings (SSSR count). The van der Waals surface area contributed by atoms with E-state index in [9.17, 15) is 14.7 Å². The van der Waals surface area contributed by atoms with E-state index in [1.807, 2.05) is 0 Å². The van der Waals surface area contributed by atoms with Gasteiger partial charge in [0.1, 0.15) is 11.9 Å². The van der Waals surface area contributed by atoms with E-state index in [0.29, 0.717) is 18.7 Å². The lowest BCUT2D eigenvalue weighted by molar-refractivity contribution is -0.139. The number of hydrogen-bond donors (Lipinski definition) is 3. The van der Waals surface area contributed by atoms with Crippen molar-refractivity contribution in [3.63, 3.8) is 0 Å². The molecule has 0 radical (unpaired) electrons. The van der Waals surface area contributed by atoms with Crippen LogP contribution in [0.4, 0.5) is 0 Å². The van der Waals surface area contributed by atoms with Gasteiger partial charge in [0.15, 0.2) is 0 Å². The average molecular weight is 320 g/mol. The molecule has 23 heavy (non-hydrogen) atoms. The van der Waals surface area contributed by atoms with Gasteiger partial charge in [0, 0.05) is 13.1 Å². The normalized spacial score (nSPS) is 15.6. The van der Waals surface area contributed by atoms with Crippen molar-refractivity contribution in [2.75, 3.05) is 13.1 Å². The maximum Gasteiger partial charge on any atom is 0.309 e. The van der Waals surface area contributed by atoms with E-state index in [4.69, 9.17) is 4.42 Å². The van der Waals surface area contributed by atoms with Crippen molar-refractivity contribution in [3.8, 4) is 0 Å². The van der Waals surface area contributed by atoms with Gasteiger partial charge in [-0.25, -0.2) is 0 Å². The molecule has 1 unspecified atom stereocenters. The van der Waals surface area contributed by atoms with Crippen molar-refractivity contribution >= 4 is 11.8 Å². The summed E-state index contributed by atoms with van der Waals surface area (Å²) in [7, 11) is 0. The van der Waals surface area contributed by atoms with E-state index < -0.39 is 17.9 Å². The summed E-state index contributed by atoms with van der Waals surface area (Å²) in [5, 5.41) is 14.9. The summed E-state index contributed by atoms with van der Waals surface area (Å²) in [6.07, 6.45) is 8.66. The van der Waals surface area contributed by atoms with Crippen LogP contribution in [-0.2, 0) is 9.59 Å². The van der Waals surface area contributed by atoms with Gasteiger partial charge in [0.2, 0.25) is 0 Å². The summed E-state index contributed by atoms with van der Waals surface area (Å²) in [6.45, 7) is 0.687. The third-order valence-electron chi connectivity index (χ3n) is 3.90. The van der Waals surface area contributed by atoms with Crippen LogP contribution in [0.25, 0.3) is 0 Å². The van der Waals surface area contributed by atoms with Crippen molar-refractivity contribution in [2.45, 2.75) is 44.6 Å². The van der Waals surface area contributed by atoms with Gasteiger partial charge in [-0.3, -0.25) is 9.59 Å². The molecular formula is C17H24N2O4. The molecule has 1 aromatic rings. The summed E-state index contributed by atoms with van der Waals surface area (Å²) < 4.78 is 5.06. The van der Waals surface area contributed by atoms with Crippen molar-refractivity contribution < 1.29 is 19.1 Å². The minimum Gasteiger partial charge on any atom is -0.467 e. The van der Waals surface area contributed by atoms with Crippen LogP contribution >= 0.6 is 0 Å². The number of hydrogen-bond acceptors (Lipinski definition) is 4. The number of furan rings is 1. The second kappa shape index (κ2) is 9.15. The number of carbonyl (C=O) groups excluding carboxylic acids is 2. The first-order valence-corrected chi connectivity index (χ1v) is 8.12. The Morgan fingerprint density at radius 1 is 1.22 bits per heavy atom. The highest BCUT2D eigenvalue weighted by Gasteiger charge is 2.15. The molecule has 1 heterocycles. The topological polar surface area (TPSA) is 91.6 Å². The van der Waals surface area contributed by atoms with E-state index in [1.54, 1.807) is 12.1 Å². The average Bonchev–Trinajstić information content (AvgIpc) is 3.10.